The number of benzene rings is 1. The van der Waals surface area contributed by atoms with Gasteiger partial charge in [-0.05, 0) is 30.7 Å². The van der Waals surface area contributed by atoms with Crippen molar-refractivity contribution >= 4 is 29.2 Å². The predicted molar refractivity (Wildman–Crippen MR) is 97.6 cm³/mol. The highest BCUT2D eigenvalue weighted by molar-refractivity contribution is 6.34. The van der Waals surface area contributed by atoms with Gasteiger partial charge in [0.15, 0.2) is 5.96 Å². The quantitative estimate of drug-likeness (QED) is 0.517. The van der Waals surface area contributed by atoms with Gasteiger partial charge in [0.1, 0.15) is 0 Å². The fraction of sp³-hybridized carbons (Fsp3) is 0.375. The van der Waals surface area contributed by atoms with E-state index in [0.29, 0.717) is 28.1 Å². The number of imidazole rings is 1. The number of rotatable bonds is 7. The first-order chi connectivity index (χ1) is 11.6. The van der Waals surface area contributed by atoms with Gasteiger partial charge in [-0.15, -0.1) is 0 Å². The molecular weight excluding hydrogens is 349 g/mol. The Labute approximate surface area is 151 Å². The largest absolute Gasteiger partial charge is 0.386 e. The summed E-state index contributed by atoms with van der Waals surface area (Å²) in [6.45, 7) is 4.39. The summed E-state index contributed by atoms with van der Waals surface area (Å²) >= 11 is 11.9. The lowest BCUT2D eigenvalue weighted by atomic mass is 10.1. The summed E-state index contributed by atoms with van der Waals surface area (Å²) in [5.41, 5.74) is 0.644. The molecule has 1 aromatic heterocycles. The molecule has 0 aliphatic heterocycles. The van der Waals surface area contributed by atoms with Crippen molar-refractivity contribution in [3.8, 4) is 0 Å². The standard InChI is InChI=1S/C16H21Cl2N5O/c1-2-20-16(21-4-6-23-5-3-19-11-23)22-10-15(24)12-7-13(17)9-14(18)8-12/h3,5,7-9,11,15,24H,2,4,6,10H2,1H3,(H2,20,21,22). The van der Waals surface area contributed by atoms with Gasteiger partial charge in [-0.25, -0.2) is 4.98 Å². The topological polar surface area (TPSA) is 74.5 Å². The van der Waals surface area contributed by atoms with Crippen LogP contribution in [0.2, 0.25) is 10.0 Å². The second kappa shape index (κ2) is 9.52. The number of aliphatic imine (C=N–C) groups is 1. The fourth-order valence-electron chi connectivity index (χ4n) is 2.11. The van der Waals surface area contributed by atoms with Crippen molar-refractivity contribution in [2.45, 2.75) is 19.6 Å². The van der Waals surface area contributed by atoms with Crippen molar-refractivity contribution in [3.05, 3.63) is 52.5 Å². The van der Waals surface area contributed by atoms with Gasteiger partial charge >= 0.3 is 0 Å². The highest BCUT2D eigenvalue weighted by atomic mass is 35.5. The second-order valence-electron chi connectivity index (χ2n) is 5.17. The first-order valence-corrected chi connectivity index (χ1v) is 8.46. The van der Waals surface area contributed by atoms with Crippen LogP contribution in [-0.4, -0.2) is 40.3 Å². The Kier molecular flexibility index (Phi) is 7.36. The molecule has 130 valence electrons. The van der Waals surface area contributed by atoms with Crippen molar-refractivity contribution < 1.29 is 5.11 Å². The van der Waals surface area contributed by atoms with Gasteiger partial charge in [-0.2, -0.15) is 0 Å². The molecule has 0 saturated heterocycles. The molecule has 2 rings (SSSR count). The number of halogens is 2. The lowest BCUT2D eigenvalue weighted by molar-refractivity contribution is 0.187. The Balaban J connectivity index is 1.91. The third-order valence-corrected chi connectivity index (χ3v) is 3.69. The van der Waals surface area contributed by atoms with Crippen LogP contribution in [0.4, 0.5) is 0 Å². The Hall–Kier alpha value is -1.76. The predicted octanol–water partition coefficient (Wildman–Crippen LogP) is 2.48. The third-order valence-electron chi connectivity index (χ3n) is 3.26. The first kappa shape index (κ1) is 18.6. The molecule has 0 bridgehead atoms. The number of aromatic nitrogens is 2. The Morgan fingerprint density at radius 1 is 1.29 bits per heavy atom. The Morgan fingerprint density at radius 3 is 2.67 bits per heavy atom. The number of guanidine groups is 1. The molecule has 1 aromatic carbocycles. The molecule has 2 aromatic rings. The minimum absolute atomic E-state index is 0.205. The van der Waals surface area contributed by atoms with Crippen LogP contribution >= 0.6 is 23.2 Å². The summed E-state index contributed by atoms with van der Waals surface area (Å²) in [5, 5.41) is 17.6. The maximum absolute atomic E-state index is 10.3. The van der Waals surface area contributed by atoms with Gasteiger partial charge in [0.25, 0.3) is 0 Å². The molecule has 0 spiro atoms. The van der Waals surface area contributed by atoms with E-state index < -0.39 is 6.10 Å². The molecule has 0 aliphatic carbocycles. The highest BCUT2D eigenvalue weighted by Crippen LogP contribution is 2.23. The minimum Gasteiger partial charge on any atom is -0.386 e. The molecule has 0 saturated carbocycles. The summed E-state index contributed by atoms with van der Waals surface area (Å²) in [5.74, 6) is 0.643. The van der Waals surface area contributed by atoms with E-state index in [1.807, 2.05) is 17.7 Å². The lowest BCUT2D eigenvalue weighted by Gasteiger charge is -2.14. The van der Waals surface area contributed by atoms with Crippen LogP contribution in [0.15, 0.2) is 41.9 Å². The highest BCUT2D eigenvalue weighted by Gasteiger charge is 2.09. The molecule has 0 aliphatic rings. The van der Waals surface area contributed by atoms with Crippen LogP contribution in [-0.2, 0) is 6.54 Å². The first-order valence-electron chi connectivity index (χ1n) is 7.70. The van der Waals surface area contributed by atoms with E-state index in [2.05, 4.69) is 20.6 Å². The molecule has 3 N–H and O–H groups in total. The summed E-state index contributed by atoms with van der Waals surface area (Å²) in [6, 6.07) is 5.00. The second-order valence-corrected chi connectivity index (χ2v) is 6.04. The molecular formula is C16H21Cl2N5O. The maximum atomic E-state index is 10.3. The molecule has 1 heterocycles. The van der Waals surface area contributed by atoms with Crippen molar-refractivity contribution in [1.82, 2.24) is 20.2 Å². The normalized spacial score (nSPS) is 12.9. The van der Waals surface area contributed by atoms with Gasteiger partial charge in [0.2, 0.25) is 0 Å². The van der Waals surface area contributed by atoms with Gasteiger partial charge in [0, 0.05) is 42.1 Å². The van der Waals surface area contributed by atoms with E-state index in [4.69, 9.17) is 23.2 Å². The molecule has 1 unspecified atom stereocenters. The zero-order chi connectivity index (χ0) is 17.4. The van der Waals surface area contributed by atoms with E-state index in [-0.39, 0.29) is 6.54 Å². The van der Waals surface area contributed by atoms with E-state index in [1.54, 1.807) is 30.7 Å². The van der Waals surface area contributed by atoms with Crippen LogP contribution in [0.25, 0.3) is 0 Å². The van der Waals surface area contributed by atoms with E-state index in [0.717, 1.165) is 13.1 Å². The fourth-order valence-corrected chi connectivity index (χ4v) is 2.66. The zero-order valence-electron chi connectivity index (χ0n) is 13.4. The third kappa shape index (κ3) is 6.03. The van der Waals surface area contributed by atoms with Crippen molar-refractivity contribution in [2.75, 3.05) is 19.6 Å². The van der Waals surface area contributed by atoms with Crippen molar-refractivity contribution in [3.63, 3.8) is 0 Å². The van der Waals surface area contributed by atoms with Crippen molar-refractivity contribution in [1.29, 1.82) is 0 Å². The number of hydrogen-bond acceptors (Lipinski definition) is 3. The SMILES string of the molecule is CCNC(=NCC(O)c1cc(Cl)cc(Cl)c1)NCCn1ccnc1. The number of aliphatic hydroxyl groups is 1. The number of hydrogen-bond donors (Lipinski definition) is 3. The Bertz CT molecular complexity index is 640. The van der Waals surface area contributed by atoms with Gasteiger partial charge in [0.05, 0.1) is 19.0 Å². The molecule has 6 nitrogen and oxygen atoms in total. The Morgan fingerprint density at radius 2 is 2.04 bits per heavy atom. The van der Waals surface area contributed by atoms with Crippen LogP contribution in [0.1, 0.15) is 18.6 Å². The van der Waals surface area contributed by atoms with Gasteiger partial charge < -0.3 is 20.3 Å². The van der Waals surface area contributed by atoms with Gasteiger partial charge in [-0.1, -0.05) is 23.2 Å². The lowest BCUT2D eigenvalue weighted by Crippen LogP contribution is -2.39. The van der Waals surface area contributed by atoms with E-state index in [9.17, 15) is 5.11 Å². The van der Waals surface area contributed by atoms with Crippen LogP contribution in [0.5, 0.6) is 0 Å². The zero-order valence-corrected chi connectivity index (χ0v) is 14.9. The van der Waals surface area contributed by atoms with Gasteiger partial charge in [-0.3, -0.25) is 4.99 Å². The number of nitrogens with one attached hydrogen (secondary N) is 2. The molecule has 0 radical (unpaired) electrons. The van der Waals surface area contributed by atoms with Crippen LogP contribution in [0.3, 0.4) is 0 Å². The molecule has 0 fully saturated rings. The summed E-state index contributed by atoms with van der Waals surface area (Å²) in [4.78, 5) is 8.40. The van der Waals surface area contributed by atoms with Crippen LogP contribution in [0, 0.1) is 0 Å². The molecule has 24 heavy (non-hydrogen) atoms. The van der Waals surface area contributed by atoms with Crippen molar-refractivity contribution in [2.24, 2.45) is 4.99 Å². The van der Waals surface area contributed by atoms with E-state index in [1.165, 1.54) is 0 Å². The molecule has 1 atom stereocenters. The summed E-state index contributed by atoms with van der Waals surface area (Å²) in [7, 11) is 0. The minimum atomic E-state index is -0.773. The average Bonchev–Trinajstić information content (AvgIpc) is 3.04. The average molecular weight is 370 g/mol. The number of aliphatic hydroxyl groups excluding tert-OH is 1. The molecule has 0 amide bonds. The summed E-state index contributed by atoms with van der Waals surface area (Å²) in [6.07, 6.45) is 4.63. The summed E-state index contributed by atoms with van der Waals surface area (Å²) < 4.78 is 1.97. The molecule has 8 heteroatoms. The van der Waals surface area contributed by atoms with E-state index >= 15 is 0 Å². The number of nitrogens with zero attached hydrogens (tertiary/aromatic N) is 3. The maximum Gasteiger partial charge on any atom is 0.191 e. The smallest absolute Gasteiger partial charge is 0.191 e. The van der Waals surface area contributed by atoms with Crippen LogP contribution < -0.4 is 10.6 Å². The monoisotopic (exact) mass is 369 g/mol.